The van der Waals surface area contributed by atoms with Gasteiger partial charge in [-0.25, -0.2) is 9.97 Å². The van der Waals surface area contributed by atoms with Crippen molar-refractivity contribution >= 4 is 17.5 Å². The molecule has 1 aromatic heterocycles. The van der Waals surface area contributed by atoms with Crippen molar-refractivity contribution in [1.82, 2.24) is 15.3 Å². The Balaban J connectivity index is 1.47. The molecule has 0 spiro atoms. The lowest BCUT2D eigenvalue weighted by molar-refractivity contribution is 0.0955. The van der Waals surface area contributed by atoms with Crippen LogP contribution >= 0.6 is 0 Å². The molecule has 3 rings (SSSR count). The third-order valence-electron chi connectivity index (χ3n) is 4.57. The maximum absolute atomic E-state index is 12.2. The van der Waals surface area contributed by atoms with Crippen LogP contribution in [0, 0.1) is 13.8 Å². The zero-order valence-corrected chi connectivity index (χ0v) is 14.9. The van der Waals surface area contributed by atoms with Crippen LogP contribution in [0.5, 0.6) is 0 Å². The van der Waals surface area contributed by atoms with Gasteiger partial charge in [0.25, 0.3) is 5.91 Å². The maximum atomic E-state index is 12.2. The first-order valence-electron chi connectivity index (χ1n) is 8.80. The molecule has 0 atom stereocenters. The molecule has 6 heteroatoms. The summed E-state index contributed by atoms with van der Waals surface area (Å²) >= 11 is 0. The van der Waals surface area contributed by atoms with Gasteiger partial charge in [-0.05, 0) is 49.9 Å². The second kappa shape index (κ2) is 7.96. The molecule has 2 heterocycles. The standard InChI is InChI=1S/C19H25N5O/c1-14-5-6-16(11-15(14)2)19(25)21-8-7-20-17-12-18(23-13-22-17)24-9-3-4-10-24/h5-6,11-13H,3-4,7-10H2,1-2H3,(H,21,25)(H,20,22,23). The number of nitrogens with zero attached hydrogens (tertiary/aromatic N) is 3. The predicted octanol–water partition coefficient (Wildman–Crippen LogP) is 2.54. The summed E-state index contributed by atoms with van der Waals surface area (Å²) < 4.78 is 0. The van der Waals surface area contributed by atoms with Crippen molar-refractivity contribution in [2.75, 3.05) is 36.4 Å². The second-order valence-electron chi connectivity index (χ2n) is 6.44. The Bertz CT molecular complexity index is 740. The van der Waals surface area contributed by atoms with Gasteiger partial charge in [-0.3, -0.25) is 4.79 Å². The van der Waals surface area contributed by atoms with Crippen molar-refractivity contribution in [2.24, 2.45) is 0 Å². The third-order valence-corrected chi connectivity index (χ3v) is 4.57. The quantitative estimate of drug-likeness (QED) is 0.792. The highest BCUT2D eigenvalue weighted by atomic mass is 16.1. The van der Waals surface area contributed by atoms with Gasteiger partial charge < -0.3 is 15.5 Å². The number of benzene rings is 1. The van der Waals surface area contributed by atoms with Gasteiger partial charge in [0.05, 0.1) is 0 Å². The molecule has 0 bridgehead atoms. The molecule has 1 aliphatic rings. The number of amides is 1. The van der Waals surface area contributed by atoms with Gasteiger partial charge >= 0.3 is 0 Å². The van der Waals surface area contributed by atoms with Crippen molar-refractivity contribution < 1.29 is 4.79 Å². The highest BCUT2D eigenvalue weighted by molar-refractivity contribution is 5.94. The average molecular weight is 339 g/mol. The highest BCUT2D eigenvalue weighted by Gasteiger charge is 2.13. The smallest absolute Gasteiger partial charge is 0.251 e. The Labute approximate surface area is 148 Å². The van der Waals surface area contributed by atoms with Crippen LogP contribution in [-0.4, -0.2) is 42.1 Å². The summed E-state index contributed by atoms with van der Waals surface area (Å²) in [6.45, 7) is 7.33. The van der Waals surface area contributed by atoms with E-state index in [0.29, 0.717) is 18.7 Å². The zero-order chi connectivity index (χ0) is 17.6. The largest absolute Gasteiger partial charge is 0.368 e. The minimum absolute atomic E-state index is 0.0506. The number of rotatable bonds is 6. The zero-order valence-electron chi connectivity index (χ0n) is 14.9. The Morgan fingerprint density at radius 3 is 2.64 bits per heavy atom. The van der Waals surface area contributed by atoms with Crippen LogP contribution in [-0.2, 0) is 0 Å². The minimum atomic E-state index is -0.0506. The number of nitrogens with one attached hydrogen (secondary N) is 2. The fraction of sp³-hybridized carbons (Fsp3) is 0.421. The Kier molecular flexibility index (Phi) is 5.48. The Morgan fingerprint density at radius 1 is 1.08 bits per heavy atom. The molecule has 1 fully saturated rings. The normalized spacial score (nSPS) is 13.8. The molecule has 6 nitrogen and oxygen atoms in total. The van der Waals surface area contributed by atoms with Crippen molar-refractivity contribution in [3.8, 4) is 0 Å². The lowest BCUT2D eigenvalue weighted by atomic mass is 10.1. The molecule has 0 radical (unpaired) electrons. The van der Waals surface area contributed by atoms with Gasteiger partial charge in [0.1, 0.15) is 18.0 Å². The van der Waals surface area contributed by atoms with E-state index >= 15 is 0 Å². The SMILES string of the molecule is Cc1ccc(C(=O)NCCNc2cc(N3CCCC3)ncn2)cc1C. The molecule has 0 aliphatic carbocycles. The summed E-state index contributed by atoms with van der Waals surface area (Å²) in [7, 11) is 0. The van der Waals surface area contributed by atoms with Crippen LogP contribution < -0.4 is 15.5 Å². The molecule has 1 saturated heterocycles. The van der Waals surface area contributed by atoms with Crippen molar-refractivity contribution in [3.05, 3.63) is 47.3 Å². The first kappa shape index (κ1) is 17.2. The summed E-state index contributed by atoms with van der Waals surface area (Å²) in [6, 6.07) is 7.72. The van der Waals surface area contributed by atoms with E-state index in [9.17, 15) is 4.79 Å². The summed E-state index contributed by atoms with van der Waals surface area (Å²) in [5.74, 6) is 1.71. The fourth-order valence-corrected chi connectivity index (χ4v) is 2.91. The van der Waals surface area contributed by atoms with Gasteiger partial charge in [0.2, 0.25) is 0 Å². The molecular weight excluding hydrogens is 314 g/mol. The lowest BCUT2D eigenvalue weighted by Crippen LogP contribution is -2.29. The topological polar surface area (TPSA) is 70.2 Å². The van der Waals surface area contributed by atoms with E-state index in [1.54, 1.807) is 6.33 Å². The fourth-order valence-electron chi connectivity index (χ4n) is 2.91. The average Bonchev–Trinajstić information content (AvgIpc) is 3.16. The van der Waals surface area contributed by atoms with Crippen LogP contribution in [0.15, 0.2) is 30.6 Å². The molecule has 0 unspecified atom stereocenters. The number of carbonyl (C=O) groups is 1. The molecule has 1 amide bonds. The van der Waals surface area contributed by atoms with E-state index in [4.69, 9.17) is 0 Å². The summed E-state index contributed by atoms with van der Waals surface area (Å²) in [5.41, 5.74) is 3.01. The summed E-state index contributed by atoms with van der Waals surface area (Å²) in [4.78, 5) is 23.0. The molecule has 1 aliphatic heterocycles. The minimum Gasteiger partial charge on any atom is -0.368 e. The Morgan fingerprint density at radius 2 is 1.88 bits per heavy atom. The molecule has 2 aromatic rings. The first-order valence-corrected chi connectivity index (χ1v) is 8.80. The maximum Gasteiger partial charge on any atom is 0.251 e. The van der Waals surface area contributed by atoms with E-state index in [1.165, 1.54) is 18.4 Å². The monoisotopic (exact) mass is 339 g/mol. The van der Waals surface area contributed by atoms with E-state index in [0.717, 1.165) is 30.3 Å². The number of aryl methyl sites for hydroxylation is 2. The van der Waals surface area contributed by atoms with E-state index in [1.807, 2.05) is 38.1 Å². The van der Waals surface area contributed by atoms with E-state index in [-0.39, 0.29) is 5.91 Å². The number of aromatic nitrogens is 2. The van der Waals surface area contributed by atoms with Crippen molar-refractivity contribution in [1.29, 1.82) is 0 Å². The Hall–Kier alpha value is -2.63. The van der Waals surface area contributed by atoms with Gasteiger partial charge in [-0.1, -0.05) is 6.07 Å². The second-order valence-corrected chi connectivity index (χ2v) is 6.44. The van der Waals surface area contributed by atoms with Crippen LogP contribution in [0.3, 0.4) is 0 Å². The predicted molar refractivity (Wildman–Crippen MR) is 100 cm³/mol. The summed E-state index contributed by atoms with van der Waals surface area (Å²) in [6.07, 6.45) is 4.03. The highest BCUT2D eigenvalue weighted by Crippen LogP contribution is 2.19. The molecular formula is C19H25N5O. The van der Waals surface area contributed by atoms with E-state index < -0.39 is 0 Å². The van der Waals surface area contributed by atoms with E-state index in [2.05, 4.69) is 25.5 Å². The number of anilines is 2. The first-order chi connectivity index (χ1) is 12.1. The number of hydrogen-bond donors (Lipinski definition) is 2. The molecule has 2 N–H and O–H groups in total. The molecule has 0 saturated carbocycles. The summed E-state index contributed by atoms with van der Waals surface area (Å²) in [5, 5.41) is 6.17. The van der Waals surface area contributed by atoms with Crippen LogP contribution in [0.1, 0.15) is 34.3 Å². The van der Waals surface area contributed by atoms with Crippen molar-refractivity contribution in [3.63, 3.8) is 0 Å². The molecule has 132 valence electrons. The third kappa shape index (κ3) is 4.47. The molecule has 1 aromatic carbocycles. The van der Waals surface area contributed by atoms with Crippen LogP contribution in [0.2, 0.25) is 0 Å². The lowest BCUT2D eigenvalue weighted by Gasteiger charge is -2.16. The number of hydrogen-bond acceptors (Lipinski definition) is 5. The number of carbonyl (C=O) groups excluding carboxylic acids is 1. The van der Waals surface area contributed by atoms with Gasteiger partial charge in [-0.2, -0.15) is 0 Å². The van der Waals surface area contributed by atoms with Gasteiger partial charge in [-0.15, -0.1) is 0 Å². The van der Waals surface area contributed by atoms with Crippen molar-refractivity contribution in [2.45, 2.75) is 26.7 Å². The van der Waals surface area contributed by atoms with Crippen LogP contribution in [0.25, 0.3) is 0 Å². The van der Waals surface area contributed by atoms with Crippen LogP contribution in [0.4, 0.5) is 11.6 Å². The molecule has 25 heavy (non-hydrogen) atoms. The van der Waals surface area contributed by atoms with Gasteiger partial charge in [0, 0.05) is 37.8 Å². The van der Waals surface area contributed by atoms with Gasteiger partial charge in [0.15, 0.2) is 0 Å².